The van der Waals surface area contributed by atoms with E-state index in [1.165, 1.54) is 95.8 Å². The van der Waals surface area contributed by atoms with Gasteiger partial charge in [0.25, 0.3) is 6.71 Å². The zero-order valence-corrected chi connectivity index (χ0v) is 49.4. The molecule has 0 saturated heterocycles. The standard InChI is InChI=1S/C66H91BN2OSi/c1-43(2)31-33-64(13,14)47-25-29-53-57(39-47)69(55-41-52-51(65(15,16)34-35-66(52,17)18)40-49(55)45-23-27-48(28-24-45)71(19,20)21)56(37-44(3)62(7,8)9)54-42-68(36-22-32-61(4,5)6)60-59(67(53)54)50-38-46(63(10,11)12)26-30-58(50)70-60/h22-30,36-41,43H,31-35,42H2,1-21H3/b36-22+,44-37+. The predicted molar refractivity (Wildman–Crippen MR) is 317 cm³/mol. The number of nitrogens with zero attached hydrogens (tertiary/aromatic N) is 2. The molecule has 0 N–H and O–H groups in total. The summed E-state index contributed by atoms with van der Waals surface area (Å²) in [7, 11) is -1.55. The molecule has 0 amide bonds. The Bertz CT molecular complexity index is 2920. The zero-order chi connectivity index (χ0) is 52.2. The van der Waals surface area contributed by atoms with Crippen molar-refractivity contribution < 1.29 is 4.42 Å². The van der Waals surface area contributed by atoms with Crippen molar-refractivity contribution in [3.05, 3.63) is 130 Å². The first kappa shape index (κ1) is 52.8. The van der Waals surface area contributed by atoms with Crippen LogP contribution in [0.5, 0.6) is 0 Å². The van der Waals surface area contributed by atoms with Gasteiger partial charge in [-0.15, -0.1) is 0 Å². The van der Waals surface area contributed by atoms with E-state index in [4.69, 9.17) is 4.42 Å². The fourth-order valence-corrected chi connectivity index (χ4v) is 12.5. The third-order valence-electron chi connectivity index (χ3n) is 16.9. The largest absolute Gasteiger partial charge is 0.441 e. The molecule has 1 aliphatic carbocycles. The summed E-state index contributed by atoms with van der Waals surface area (Å²) in [5, 5.41) is 2.72. The first-order valence-corrected chi connectivity index (χ1v) is 30.8. The number of benzene rings is 4. The van der Waals surface area contributed by atoms with Gasteiger partial charge in [-0.1, -0.05) is 203 Å². The van der Waals surface area contributed by atoms with Gasteiger partial charge in [0.2, 0.25) is 0 Å². The van der Waals surface area contributed by atoms with Crippen LogP contribution >= 0.6 is 0 Å². The first-order valence-electron chi connectivity index (χ1n) is 27.3. The van der Waals surface area contributed by atoms with Gasteiger partial charge in [0, 0.05) is 40.5 Å². The van der Waals surface area contributed by atoms with Crippen molar-refractivity contribution in [2.24, 2.45) is 16.7 Å². The van der Waals surface area contributed by atoms with Crippen molar-refractivity contribution in [3.8, 4) is 11.1 Å². The van der Waals surface area contributed by atoms with Gasteiger partial charge in [-0.25, -0.2) is 0 Å². The maximum absolute atomic E-state index is 7.17. The number of fused-ring (bicyclic) bond motifs is 8. The summed E-state index contributed by atoms with van der Waals surface area (Å²) in [4.78, 5) is 5.22. The average molecular weight is 967 g/mol. The van der Waals surface area contributed by atoms with E-state index in [-0.39, 0.29) is 39.2 Å². The molecule has 8 rings (SSSR count). The summed E-state index contributed by atoms with van der Waals surface area (Å²) in [6.45, 7) is 51.2. The Balaban J connectivity index is 1.55. The average Bonchev–Trinajstić information content (AvgIpc) is 3.65. The van der Waals surface area contributed by atoms with E-state index in [1.54, 1.807) is 0 Å². The zero-order valence-electron chi connectivity index (χ0n) is 48.4. The molecule has 5 aromatic rings. The molecule has 1 aromatic heterocycles. The van der Waals surface area contributed by atoms with Gasteiger partial charge in [0.1, 0.15) is 5.58 Å². The molecule has 71 heavy (non-hydrogen) atoms. The Morgan fingerprint density at radius 3 is 1.96 bits per heavy atom. The Kier molecular flexibility index (Phi) is 13.5. The lowest BCUT2D eigenvalue weighted by Crippen LogP contribution is -2.57. The molecular formula is C66H91BN2OSi. The van der Waals surface area contributed by atoms with E-state index in [2.05, 4.69) is 245 Å². The number of furan rings is 1. The normalized spacial score (nSPS) is 17.6. The van der Waals surface area contributed by atoms with Crippen LogP contribution in [0.15, 0.2) is 112 Å². The number of anilines is 3. The van der Waals surface area contributed by atoms with Crippen LogP contribution in [0, 0.1) is 16.7 Å². The highest BCUT2D eigenvalue weighted by Crippen LogP contribution is 2.53. The summed E-state index contributed by atoms with van der Waals surface area (Å²) < 4.78 is 7.17. The summed E-state index contributed by atoms with van der Waals surface area (Å²) in [6.07, 6.45) is 12.9. The number of rotatable bonds is 10. The monoisotopic (exact) mass is 967 g/mol. The van der Waals surface area contributed by atoms with Crippen LogP contribution in [-0.4, -0.2) is 21.3 Å². The molecule has 0 spiro atoms. The van der Waals surface area contributed by atoms with Gasteiger partial charge >= 0.3 is 0 Å². The molecule has 378 valence electrons. The Labute approximate surface area is 433 Å². The van der Waals surface area contributed by atoms with E-state index >= 15 is 0 Å². The SMILES string of the molecule is C/C(=C\C1=C2CN(/C=C/CC(C)(C)C)c3oc4ccc(C(C)(C)C)cc4c3B2c2ccc(C(C)(C)CCC(C)C)cc2N1c1cc2c(cc1-c1ccc([Si](C)(C)C)cc1)C(C)(C)CCC2(C)C)C(C)(C)C. The molecule has 3 heterocycles. The minimum Gasteiger partial charge on any atom is -0.441 e. The molecule has 0 fully saturated rings. The second-order valence-electron chi connectivity index (χ2n) is 28.9. The molecule has 5 heteroatoms. The van der Waals surface area contributed by atoms with E-state index in [0.29, 0.717) is 5.92 Å². The lowest BCUT2D eigenvalue weighted by molar-refractivity contribution is 0.332. The third kappa shape index (κ3) is 10.4. The second kappa shape index (κ2) is 18.2. The quantitative estimate of drug-likeness (QED) is 0.130. The first-order chi connectivity index (χ1) is 32.7. The molecule has 0 unspecified atom stereocenters. The Morgan fingerprint density at radius 1 is 0.761 bits per heavy atom. The maximum Gasteiger partial charge on any atom is 0.252 e. The number of hydrogen-bond donors (Lipinski definition) is 0. The number of hydrogen-bond acceptors (Lipinski definition) is 3. The van der Waals surface area contributed by atoms with Crippen LogP contribution < -0.4 is 25.9 Å². The molecule has 0 saturated carbocycles. The molecule has 0 bridgehead atoms. The molecule has 4 aromatic carbocycles. The molecule has 0 radical (unpaired) electrons. The van der Waals surface area contributed by atoms with Crippen LogP contribution in [0.1, 0.15) is 179 Å². The van der Waals surface area contributed by atoms with Crippen LogP contribution in [-0.2, 0) is 21.7 Å². The molecule has 0 atom stereocenters. The van der Waals surface area contributed by atoms with Gasteiger partial charge in [0.05, 0.1) is 13.8 Å². The van der Waals surface area contributed by atoms with E-state index in [9.17, 15) is 0 Å². The van der Waals surface area contributed by atoms with Crippen molar-refractivity contribution in [2.75, 3.05) is 16.3 Å². The summed E-state index contributed by atoms with van der Waals surface area (Å²) in [6, 6.07) is 29.7. The van der Waals surface area contributed by atoms with Crippen molar-refractivity contribution in [2.45, 2.75) is 198 Å². The second-order valence-corrected chi connectivity index (χ2v) is 34.0. The molecule has 2 aliphatic heterocycles. The van der Waals surface area contributed by atoms with E-state index < -0.39 is 8.07 Å². The maximum atomic E-state index is 7.17. The van der Waals surface area contributed by atoms with Crippen molar-refractivity contribution >= 4 is 59.1 Å². The summed E-state index contributed by atoms with van der Waals surface area (Å²) in [5.41, 5.74) is 18.7. The highest BCUT2D eigenvalue weighted by Gasteiger charge is 2.47. The molecular weight excluding hydrogens is 876 g/mol. The summed E-state index contributed by atoms with van der Waals surface area (Å²) >= 11 is 0. The van der Waals surface area contributed by atoms with Crippen LogP contribution in [0.2, 0.25) is 19.6 Å². The fourth-order valence-electron chi connectivity index (χ4n) is 11.3. The van der Waals surface area contributed by atoms with Gasteiger partial charge in [-0.3, -0.25) is 0 Å². The minimum absolute atomic E-state index is 0.0145. The predicted octanol–water partition coefficient (Wildman–Crippen LogP) is 17.3. The summed E-state index contributed by atoms with van der Waals surface area (Å²) in [5.74, 6) is 1.61. The van der Waals surface area contributed by atoms with E-state index in [1.807, 2.05) is 0 Å². The highest BCUT2D eigenvalue weighted by molar-refractivity contribution is 6.95. The van der Waals surface area contributed by atoms with Crippen molar-refractivity contribution in [3.63, 3.8) is 0 Å². The topological polar surface area (TPSA) is 19.6 Å². The fraction of sp³-hybridized carbons (Fsp3) is 0.515. The third-order valence-corrected chi connectivity index (χ3v) is 19.0. The van der Waals surface area contributed by atoms with Gasteiger partial charge in [-0.05, 0) is 146 Å². The minimum atomic E-state index is -1.55. The number of allylic oxidation sites excluding steroid dienone is 3. The van der Waals surface area contributed by atoms with Crippen LogP contribution in [0.3, 0.4) is 0 Å². The highest BCUT2D eigenvalue weighted by atomic mass is 28.3. The Hall–Kier alpha value is -4.48. The van der Waals surface area contributed by atoms with Crippen LogP contribution in [0.4, 0.5) is 17.3 Å². The lowest BCUT2D eigenvalue weighted by Gasteiger charge is -2.46. The van der Waals surface area contributed by atoms with Gasteiger partial charge < -0.3 is 14.2 Å². The van der Waals surface area contributed by atoms with Gasteiger partial charge in [-0.2, -0.15) is 0 Å². The lowest BCUT2D eigenvalue weighted by atomic mass is 9.33. The Morgan fingerprint density at radius 2 is 1.38 bits per heavy atom. The van der Waals surface area contributed by atoms with Crippen molar-refractivity contribution in [1.82, 2.24) is 0 Å². The smallest absolute Gasteiger partial charge is 0.252 e. The van der Waals surface area contributed by atoms with E-state index in [0.717, 1.165) is 37.3 Å². The van der Waals surface area contributed by atoms with Gasteiger partial charge in [0.15, 0.2) is 5.88 Å². The van der Waals surface area contributed by atoms with Crippen LogP contribution in [0.25, 0.3) is 22.1 Å². The van der Waals surface area contributed by atoms with Crippen molar-refractivity contribution in [1.29, 1.82) is 0 Å². The molecule has 3 aliphatic rings. The molecule has 3 nitrogen and oxygen atoms in total.